The molecule has 5 heterocycles. The van der Waals surface area contributed by atoms with Crippen LogP contribution in [0.4, 0.5) is 16.7 Å². The Morgan fingerprint density at radius 3 is 1.91 bits per heavy atom. The standard InChI is InChI=1S/C46H57N13O8/c1-8-58-35(23-28(3)52-58)40(61)50-43-48-32-25-30(42(63)64)13-14-34(32)56(43)16-10-11-17-57-38-33(49-44(57)51-41(62)36-24-29(4)53-59(36)9-2)26-31(39(47)60)27-37(38)66-22-12-15-54-18-20-55(21-19-54)45(65)67-46(5,6)7/h10-11,13-14,23-27H,8-9,12,15-22H2,1-7H3,(H2,47,60)(H,63,64)(H,48,50,61)(H,49,51,62)/b11-10+. The number of allylic oxidation sites excluding steroid dienone is 2. The van der Waals surface area contributed by atoms with Crippen molar-refractivity contribution in [2.45, 2.75) is 86.7 Å². The Balaban J connectivity index is 1.17. The molecule has 0 atom stereocenters. The van der Waals surface area contributed by atoms with Crippen molar-refractivity contribution in [3.05, 3.63) is 88.5 Å². The van der Waals surface area contributed by atoms with Crippen molar-refractivity contribution in [2.75, 3.05) is 50.0 Å². The Labute approximate surface area is 386 Å². The molecule has 1 saturated heterocycles. The molecule has 0 spiro atoms. The number of nitrogens with two attached hydrogens (primary N) is 1. The van der Waals surface area contributed by atoms with Gasteiger partial charge in [0, 0.05) is 64.5 Å². The molecule has 21 heteroatoms. The van der Waals surface area contributed by atoms with Crippen LogP contribution in [0.25, 0.3) is 22.1 Å². The highest BCUT2D eigenvalue weighted by Gasteiger charge is 2.27. The van der Waals surface area contributed by atoms with Gasteiger partial charge in [0.25, 0.3) is 11.8 Å². The van der Waals surface area contributed by atoms with Crippen LogP contribution in [0.1, 0.15) is 94.1 Å². The lowest BCUT2D eigenvalue weighted by molar-refractivity contribution is 0.0141. The number of hydrogen-bond donors (Lipinski definition) is 4. The van der Waals surface area contributed by atoms with Gasteiger partial charge in [0.05, 0.1) is 40.1 Å². The second kappa shape index (κ2) is 19.9. The van der Waals surface area contributed by atoms with Gasteiger partial charge in [-0.15, -0.1) is 0 Å². The molecule has 0 saturated carbocycles. The first kappa shape index (κ1) is 47.4. The van der Waals surface area contributed by atoms with Gasteiger partial charge in [-0.2, -0.15) is 10.2 Å². The zero-order valence-corrected chi connectivity index (χ0v) is 38.8. The van der Waals surface area contributed by atoms with E-state index in [1.54, 1.807) is 67.6 Å². The number of nitrogens with one attached hydrogen (secondary N) is 2. The number of anilines is 2. The van der Waals surface area contributed by atoms with Crippen LogP contribution < -0.4 is 21.1 Å². The van der Waals surface area contributed by atoms with E-state index in [0.717, 1.165) is 0 Å². The number of aryl methyl sites for hydroxylation is 4. The van der Waals surface area contributed by atoms with Gasteiger partial charge in [0.15, 0.2) is 0 Å². The van der Waals surface area contributed by atoms with Gasteiger partial charge < -0.3 is 34.3 Å². The molecule has 0 bridgehead atoms. The van der Waals surface area contributed by atoms with Gasteiger partial charge in [-0.05, 0) is 97.4 Å². The highest BCUT2D eigenvalue weighted by Crippen LogP contribution is 2.32. The zero-order valence-electron chi connectivity index (χ0n) is 38.8. The van der Waals surface area contributed by atoms with Crippen LogP contribution in [0, 0.1) is 13.8 Å². The Morgan fingerprint density at radius 2 is 1.34 bits per heavy atom. The number of rotatable bonds is 17. The van der Waals surface area contributed by atoms with Gasteiger partial charge >= 0.3 is 12.1 Å². The van der Waals surface area contributed by atoms with Crippen molar-refractivity contribution in [3.8, 4) is 5.75 Å². The number of nitrogens with zero attached hydrogens (tertiary/aromatic N) is 10. The molecule has 5 N–H and O–H groups in total. The quantitative estimate of drug-likeness (QED) is 0.0669. The number of benzene rings is 2. The molecule has 0 aliphatic carbocycles. The minimum Gasteiger partial charge on any atom is -0.491 e. The second-order valence-corrected chi connectivity index (χ2v) is 17.2. The highest BCUT2D eigenvalue weighted by molar-refractivity contribution is 6.05. The monoisotopic (exact) mass is 919 g/mol. The third-order valence-corrected chi connectivity index (χ3v) is 11.0. The van der Waals surface area contributed by atoms with Crippen molar-refractivity contribution < 1.29 is 38.6 Å². The summed E-state index contributed by atoms with van der Waals surface area (Å²) in [5, 5.41) is 24.4. The minimum atomic E-state index is -1.12. The summed E-state index contributed by atoms with van der Waals surface area (Å²) in [6.07, 6.45) is 3.99. The lowest BCUT2D eigenvalue weighted by Crippen LogP contribution is -2.50. The van der Waals surface area contributed by atoms with Crippen molar-refractivity contribution in [1.29, 1.82) is 0 Å². The topological polar surface area (TPSA) is 252 Å². The van der Waals surface area contributed by atoms with Crippen LogP contribution in [0.3, 0.4) is 0 Å². The van der Waals surface area contributed by atoms with E-state index in [9.17, 15) is 29.1 Å². The summed E-state index contributed by atoms with van der Waals surface area (Å²) in [6, 6.07) is 11.0. The average molecular weight is 920 g/mol. The molecular formula is C46H57N13O8. The second-order valence-electron chi connectivity index (χ2n) is 17.2. The Morgan fingerprint density at radius 1 is 0.776 bits per heavy atom. The number of carbonyl (C=O) groups excluding carboxylic acids is 4. The smallest absolute Gasteiger partial charge is 0.410 e. The third-order valence-electron chi connectivity index (χ3n) is 11.0. The molecule has 7 rings (SSSR count). The largest absolute Gasteiger partial charge is 0.491 e. The molecular weight excluding hydrogens is 863 g/mol. The Kier molecular flexibility index (Phi) is 14.1. The minimum absolute atomic E-state index is 0.0413. The first-order valence-corrected chi connectivity index (χ1v) is 22.2. The molecule has 2 aromatic carbocycles. The lowest BCUT2D eigenvalue weighted by Gasteiger charge is -2.35. The number of ether oxygens (including phenoxy) is 2. The van der Waals surface area contributed by atoms with Crippen molar-refractivity contribution in [3.63, 3.8) is 0 Å². The number of carboxylic acid groups (broad SMARTS) is 1. The van der Waals surface area contributed by atoms with Crippen LogP contribution in [-0.2, 0) is 30.9 Å². The SMILES string of the molecule is CCn1nc(C)cc1C(=O)Nc1nc2cc(C(=O)O)ccc2n1C/C=C/Cn1c(NC(=O)c2cc(C)nn2CC)nc2cc(C(N)=O)cc(OCCCN3CCN(C(=O)OC(C)(C)C)CC3)c21. The van der Waals surface area contributed by atoms with Crippen molar-refractivity contribution in [2.24, 2.45) is 5.73 Å². The fourth-order valence-electron chi connectivity index (χ4n) is 7.88. The zero-order chi connectivity index (χ0) is 48.2. The van der Waals surface area contributed by atoms with E-state index in [1.807, 2.05) is 46.8 Å². The van der Waals surface area contributed by atoms with E-state index in [-0.39, 0.29) is 48.8 Å². The third kappa shape index (κ3) is 10.9. The van der Waals surface area contributed by atoms with Crippen LogP contribution in [0.2, 0.25) is 0 Å². The maximum atomic E-state index is 13.9. The molecule has 4 amide bonds. The van der Waals surface area contributed by atoms with Crippen molar-refractivity contribution in [1.82, 2.24) is 48.5 Å². The van der Waals surface area contributed by atoms with Crippen LogP contribution in [-0.4, -0.2) is 128 Å². The van der Waals surface area contributed by atoms with Gasteiger partial charge in [-0.3, -0.25) is 39.3 Å². The lowest BCUT2D eigenvalue weighted by atomic mass is 10.1. The van der Waals surface area contributed by atoms with Crippen LogP contribution >= 0.6 is 0 Å². The summed E-state index contributed by atoms with van der Waals surface area (Å²) in [5.74, 6) is -1.98. The van der Waals surface area contributed by atoms with E-state index in [0.29, 0.717) is 103 Å². The van der Waals surface area contributed by atoms with Crippen LogP contribution in [0.15, 0.2) is 54.6 Å². The molecule has 6 aromatic rings. The molecule has 1 aliphatic heterocycles. The molecule has 0 unspecified atom stereocenters. The van der Waals surface area contributed by atoms with Gasteiger partial charge in [-0.25, -0.2) is 19.6 Å². The molecule has 21 nitrogen and oxygen atoms in total. The summed E-state index contributed by atoms with van der Waals surface area (Å²) >= 11 is 0. The van der Waals surface area contributed by atoms with E-state index >= 15 is 0 Å². The first-order chi connectivity index (χ1) is 31.9. The molecule has 0 radical (unpaired) electrons. The number of fused-ring (bicyclic) bond motifs is 2. The fraction of sp³-hybridized carbons (Fsp3) is 0.413. The first-order valence-electron chi connectivity index (χ1n) is 22.2. The van der Waals surface area contributed by atoms with Gasteiger partial charge in [0.2, 0.25) is 17.8 Å². The van der Waals surface area contributed by atoms with Crippen molar-refractivity contribution >= 4 is 63.7 Å². The summed E-state index contributed by atoms with van der Waals surface area (Å²) in [5.41, 5.74) is 9.26. The van der Waals surface area contributed by atoms with Crippen LogP contribution in [0.5, 0.6) is 5.75 Å². The number of amides is 4. The number of aromatic carboxylic acids is 1. The number of imidazole rings is 2. The fourth-order valence-corrected chi connectivity index (χ4v) is 7.88. The highest BCUT2D eigenvalue weighted by atomic mass is 16.6. The van der Waals surface area contributed by atoms with E-state index in [1.165, 1.54) is 12.1 Å². The number of primary amides is 1. The summed E-state index contributed by atoms with van der Waals surface area (Å²) in [4.78, 5) is 77.9. The number of hydrogen-bond acceptors (Lipinski definition) is 12. The molecule has 4 aromatic heterocycles. The number of carbonyl (C=O) groups is 5. The average Bonchev–Trinajstić information content (AvgIpc) is 4.05. The normalized spacial score (nSPS) is 13.4. The summed E-state index contributed by atoms with van der Waals surface area (Å²) in [7, 11) is 0. The molecule has 1 fully saturated rings. The summed E-state index contributed by atoms with van der Waals surface area (Å²) < 4.78 is 18.7. The maximum Gasteiger partial charge on any atom is 0.410 e. The van der Waals surface area contributed by atoms with E-state index in [2.05, 4.69) is 30.7 Å². The van der Waals surface area contributed by atoms with E-state index in [4.69, 9.17) is 20.2 Å². The Hall–Kier alpha value is -7.55. The van der Waals surface area contributed by atoms with E-state index < -0.39 is 29.3 Å². The summed E-state index contributed by atoms with van der Waals surface area (Å²) in [6.45, 7) is 17.6. The number of carboxylic acids is 1. The predicted octanol–water partition coefficient (Wildman–Crippen LogP) is 5.32. The van der Waals surface area contributed by atoms with Gasteiger partial charge in [0.1, 0.15) is 28.3 Å². The molecule has 67 heavy (non-hydrogen) atoms. The number of piperazine rings is 1. The Bertz CT molecular complexity index is 2870. The predicted molar refractivity (Wildman–Crippen MR) is 250 cm³/mol. The molecule has 1 aliphatic rings. The maximum absolute atomic E-state index is 13.9. The van der Waals surface area contributed by atoms with Gasteiger partial charge in [-0.1, -0.05) is 12.2 Å². The number of aromatic nitrogens is 8. The molecule has 354 valence electrons.